The number of hydrogen-bond acceptors (Lipinski definition) is 6. The molecule has 0 radical (unpaired) electrons. The third-order valence-corrected chi connectivity index (χ3v) is 15.8. The van der Waals surface area contributed by atoms with E-state index in [1.807, 2.05) is 103 Å². The lowest BCUT2D eigenvalue weighted by Crippen LogP contribution is -2.19. The van der Waals surface area contributed by atoms with Gasteiger partial charge in [0, 0.05) is 40.9 Å². The molecule has 0 unspecified atom stereocenters. The van der Waals surface area contributed by atoms with Gasteiger partial charge in [-0.15, -0.1) is 61.4 Å². The fourth-order valence-electron chi connectivity index (χ4n) is 8.54. The Balaban J connectivity index is 0.000000166. The van der Waals surface area contributed by atoms with Crippen molar-refractivity contribution in [2.45, 2.75) is 63.0 Å². The van der Waals surface area contributed by atoms with E-state index < -0.39 is 0 Å². The van der Waals surface area contributed by atoms with Gasteiger partial charge in [-0.2, -0.15) is 0 Å². The monoisotopic (exact) mass is 1060 g/mol. The Morgan fingerprint density at radius 3 is 0.784 bits per heavy atom. The van der Waals surface area contributed by atoms with E-state index in [1.165, 1.54) is 37.6 Å². The van der Waals surface area contributed by atoms with Crippen molar-refractivity contribution in [2.24, 2.45) is 0 Å². The minimum absolute atomic E-state index is 0.157. The van der Waals surface area contributed by atoms with Crippen molar-refractivity contribution in [1.29, 1.82) is 0 Å². The molecular formula is C68H64OS5. The summed E-state index contributed by atoms with van der Waals surface area (Å²) in [5, 5.41) is 10.4. The maximum Gasteiger partial charge on any atom is 0.123 e. The molecule has 6 heteroatoms. The van der Waals surface area contributed by atoms with E-state index in [0.29, 0.717) is 5.75 Å². The van der Waals surface area contributed by atoms with Crippen LogP contribution >= 0.6 is 61.4 Å². The van der Waals surface area contributed by atoms with Gasteiger partial charge in [-0.05, 0) is 147 Å². The van der Waals surface area contributed by atoms with E-state index in [0.717, 1.165) is 53.6 Å². The minimum atomic E-state index is -0.234. The lowest BCUT2D eigenvalue weighted by atomic mass is 9.76. The molecule has 0 aliphatic rings. The third kappa shape index (κ3) is 14.5. The predicted octanol–water partition coefficient (Wildman–Crippen LogP) is 20.1. The molecule has 1 N–H and O–H groups in total. The van der Waals surface area contributed by atoms with E-state index in [1.54, 1.807) is 29.6 Å². The Labute approximate surface area is 465 Å². The summed E-state index contributed by atoms with van der Waals surface area (Å²) in [6.45, 7) is 8.99. The van der Waals surface area contributed by atoms with Crippen molar-refractivity contribution >= 4 is 61.4 Å². The molecule has 10 aromatic rings. The molecule has 0 bridgehead atoms. The molecule has 74 heavy (non-hydrogen) atoms. The van der Waals surface area contributed by atoms with Crippen molar-refractivity contribution in [2.75, 3.05) is 12.5 Å². The van der Waals surface area contributed by atoms with E-state index in [2.05, 4.69) is 198 Å². The van der Waals surface area contributed by atoms with Gasteiger partial charge in [0.1, 0.15) is 5.75 Å². The lowest BCUT2D eigenvalue weighted by Gasteiger charge is -2.28. The number of phenols is 1. The molecule has 0 saturated carbocycles. The Hall–Kier alpha value is -6.25. The Morgan fingerprint density at radius 1 is 0.297 bits per heavy atom. The van der Waals surface area contributed by atoms with Gasteiger partial charge in [0.15, 0.2) is 0 Å². The number of rotatable bonds is 10. The molecule has 0 saturated heterocycles. The van der Waals surface area contributed by atoms with Crippen LogP contribution in [-0.2, 0) is 10.8 Å². The van der Waals surface area contributed by atoms with Crippen molar-refractivity contribution in [1.82, 2.24) is 0 Å². The van der Waals surface area contributed by atoms with Crippen LogP contribution in [0.5, 0.6) is 5.75 Å². The van der Waals surface area contributed by atoms with Crippen LogP contribution in [0.25, 0.3) is 44.5 Å². The normalized spacial score (nSPS) is 10.9. The van der Waals surface area contributed by atoms with Gasteiger partial charge >= 0.3 is 0 Å². The second-order valence-corrected chi connectivity index (χ2v) is 21.9. The summed E-state index contributed by atoms with van der Waals surface area (Å²) < 4.78 is 0. The molecule has 1 nitrogen and oxygen atoms in total. The maximum absolute atomic E-state index is 10.4. The van der Waals surface area contributed by atoms with Crippen molar-refractivity contribution in [3.63, 3.8) is 0 Å². The molecule has 0 heterocycles. The molecule has 0 aliphatic carbocycles. The number of thioether (sulfide) groups is 2. The Kier molecular flexibility index (Phi) is 20.1. The average Bonchev–Trinajstić information content (AvgIpc) is 3.45. The van der Waals surface area contributed by atoms with Gasteiger partial charge < -0.3 is 5.11 Å². The van der Waals surface area contributed by atoms with Gasteiger partial charge in [-0.25, -0.2) is 0 Å². The van der Waals surface area contributed by atoms with E-state index in [-0.39, 0.29) is 10.8 Å². The molecule has 10 rings (SSSR count). The summed E-state index contributed by atoms with van der Waals surface area (Å²) >= 11 is 17.6. The van der Waals surface area contributed by atoms with Crippen molar-refractivity contribution in [3.05, 3.63) is 277 Å². The highest BCUT2D eigenvalue weighted by atomic mass is 32.2. The van der Waals surface area contributed by atoms with E-state index in [4.69, 9.17) is 25.3 Å². The highest BCUT2D eigenvalue weighted by Crippen LogP contribution is 2.41. The van der Waals surface area contributed by atoms with Gasteiger partial charge in [0.05, 0.1) is 0 Å². The summed E-state index contributed by atoms with van der Waals surface area (Å²) in [5.74, 6) is 0.298. The van der Waals surface area contributed by atoms with Crippen LogP contribution in [0.1, 0.15) is 49.9 Å². The first-order valence-electron chi connectivity index (χ1n) is 24.5. The zero-order chi connectivity index (χ0) is 52.5. The number of aromatic hydroxyl groups is 1. The van der Waals surface area contributed by atoms with E-state index in [9.17, 15) is 5.11 Å². The highest BCUT2D eigenvalue weighted by Gasteiger charge is 2.27. The van der Waals surface area contributed by atoms with Crippen LogP contribution in [0.2, 0.25) is 0 Å². The summed E-state index contributed by atoms with van der Waals surface area (Å²) in [6, 6.07) is 87.4. The SMILES string of the molecule is CC(C)(c1ccc(O)c(-c2ccccc2)c1)c1ccc(S)c(-c2ccccc2)c1.CC(C)(c1ccc(S)c(-c2ccccc2)c1)c1ccc(S)c(-c2ccccc2)c1.CSc1ccccc1.CSc1ccccc1. The van der Waals surface area contributed by atoms with Crippen LogP contribution in [0, 0.1) is 0 Å². The quantitative estimate of drug-likeness (QED) is 0.0810. The number of benzene rings is 10. The number of phenolic OH excluding ortho intramolecular Hbond substituents is 1. The Morgan fingerprint density at radius 2 is 0.527 bits per heavy atom. The third-order valence-electron chi connectivity index (χ3n) is 13.2. The van der Waals surface area contributed by atoms with Crippen molar-refractivity contribution < 1.29 is 5.11 Å². The van der Waals surface area contributed by atoms with Gasteiger partial charge in [0.2, 0.25) is 0 Å². The summed E-state index contributed by atoms with van der Waals surface area (Å²) in [6.07, 6.45) is 4.16. The highest BCUT2D eigenvalue weighted by molar-refractivity contribution is 7.98. The van der Waals surface area contributed by atoms with Gasteiger partial charge in [0.25, 0.3) is 0 Å². The molecule has 0 aliphatic heterocycles. The molecular weight excluding hydrogens is 993 g/mol. The fraction of sp³-hybridized carbons (Fsp3) is 0.118. The molecule has 0 spiro atoms. The molecule has 0 amide bonds. The zero-order valence-corrected chi connectivity index (χ0v) is 47.2. The van der Waals surface area contributed by atoms with Crippen LogP contribution < -0.4 is 0 Å². The molecule has 372 valence electrons. The smallest absolute Gasteiger partial charge is 0.123 e. The van der Waals surface area contributed by atoms with Crippen LogP contribution in [0.4, 0.5) is 0 Å². The molecule has 0 aromatic heterocycles. The first kappa shape index (κ1) is 55.5. The van der Waals surface area contributed by atoms with Gasteiger partial charge in [-0.3, -0.25) is 0 Å². The molecule has 0 atom stereocenters. The average molecular weight is 1060 g/mol. The maximum atomic E-state index is 10.4. The largest absolute Gasteiger partial charge is 0.507 e. The topological polar surface area (TPSA) is 20.2 Å². The van der Waals surface area contributed by atoms with Crippen LogP contribution in [-0.4, -0.2) is 17.6 Å². The number of thiol groups is 3. The second-order valence-electron chi connectivity index (χ2n) is 18.7. The van der Waals surface area contributed by atoms with Crippen molar-refractivity contribution in [3.8, 4) is 50.3 Å². The summed E-state index contributed by atoms with van der Waals surface area (Å²) in [4.78, 5) is 5.60. The fourth-order valence-corrected chi connectivity index (χ4v) is 10.2. The van der Waals surface area contributed by atoms with Crippen LogP contribution in [0.3, 0.4) is 0 Å². The first-order valence-corrected chi connectivity index (χ1v) is 28.3. The molecule has 10 aromatic carbocycles. The molecule has 0 fully saturated rings. The minimum Gasteiger partial charge on any atom is -0.507 e. The summed E-state index contributed by atoms with van der Waals surface area (Å²) in [7, 11) is 0. The van der Waals surface area contributed by atoms with E-state index >= 15 is 0 Å². The predicted molar refractivity (Wildman–Crippen MR) is 332 cm³/mol. The first-order chi connectivity index (χ1) is 35.8. The summed E-state index contributed by atoms with van der Waals surface area (Å²) in [5.41, 5.74) is 13.3. The van der Waals surface area contributed by atoms with Crippen LogP contribution in [0.15, 0.2) is 279 Å². The lowest BCUT2D eigenvalue weighted by molar-refractivity contribution is 0.476. The second kappa shape index (κ2) is 26.8. The standard InChI is InChI=1S/C27H24OS.C27H24S2.2C7H8S/c2*1-27(2,21-13-15-25(28)23(17-21)19-9-5-3-6-10-19)22-14-16-26(29)24(18-22)20-11-7-4-8-12-20;2*1-8-7-5-3-2-4-6-7/h2*3-18,28-29H,1-2H3;2*2-6H,1H3. The Bertz CT molecular complexity index is 2900. The van der Waals surface area contributed by atoms with Gasteiger partial charge in [-0.1, -0.05) is 210 Å². The number of hydrogen-bond donors (Lipinski definition) is 4. The zero-order valence-electron chi connectivity index (χ0n) is 42.9.